The molecule has 4 heteroatoms. The third-order valence-electron chi connectivity index (χ3n) is 2.99. The topological polar surface area (TPSA) is 58.0 Å². The summed E-state index contributed by atoms with van der Waals surface area (Å²) in [6, 6.07) is 11.7. The highest BCUT2D eigenvalue weighted by molar-refractivity contribution is 5.53. The highest BCUT2D eigenvalue weighted by Gasteiger charge is 2.26. The van der Waals surface area contributed by atoms with Gasteiger partial charge in [0.2, 0.25) is 5.95 Å². The van der Waals surface area contributed by atoms with Crippen LogP contribution in [-0.2, 0) is 6.61 Å². The number of para-hydroxylation sites is 1. The van der Waals surface area contributed by atoms with Gasteiger partial charge in [0.05, 0.1) is 12.3 Å². The molecule has 0 bridgehead atoms. The summed E-state index contributed by atoms with van der Waals surface area (Å²) >= 11 is 0. The first-order valence-electron chi connectivity index (χ1n) is 6.16. The molecule has 1 aliphatic rings. The van der Waals surface area contributed by atoms with Crippen molar-refractivity contribution in [1.29, 1.82) is 0 Å². The van der Waals surface area contributed by atoms with Crippen molar-refractivity contribution in [2.24, 2.45) is 0 Å². The summed E-state index contributed by atoms with van der Waals surface area (Å²) in [4.78, 5) is 8.79. The summed E-state index contributed by atoms with van der Waals surface area (Å²) in [5.74, 6) is 1.12. The van der Waals surface area contributed by atoms with E-state index in [1.807, 2.05) is 36.4 Å². The lowest BCUT2D eigenvalue weighted by atomic mass is 10.2. The molecule has 1 aromatic carbocycles. The van der Waals surface area contributed by atoms with Gasteiger partial charge in [-0.3, -0.25) is 0 Å². The van der Waals surface area contributed by atoms with Crippen LogP contribution in [0.15, 0.2) is 36.4 Å². The lowest BCUT2D eigenvalue weighted by molar-refractivity contribution is 0.276. The van der Waals surface area contributed by atoms with Crippen LogP contribution in [0.1, 0.15) is 30.1 Å². The molecule has 1 saturated carbocycles. The van der Waals surface area contributed by atoms with E-state index in [-0.39, 0.29) is 6.61 Å². The minimum atomic E-state index is -0.0499. The molecule has 0 aliphatic heterocycles. The van der Waals surface area contributed by atoms with E-state index >= 15 is 0 Å². The van der Waals surface area contributed by atoms with Crippen LogP contribution >= 0.6 is 0 Å². The summed E-state index contributed by atoms with van der Waals surface area (Å²) in [6.45, 7) is -0.0499. The molecule has 4 nitrogen and oxygen atoms in total. The van der Waals surface area contributed by atoms with Gasteiger partial charge in [-0.15, -0.1) is 0 Å². The molecule has 1 aromatic heterocycles. The second kappa shape index (κ2) is 4.74. The molecule has 1 fully saturated rings. The molecule has 2 aromatic rings. The van der Waals surface area contributed by atoms with Crippen LogP contribution in [0.4, 0.5) is 11.6 Å². The van der Waals surface area contributed by atoms with Gasteiger partial charge < -0.3 is 10.4 Å². The van der Waals surface area contributed by atoms with Gasteiger partial charge in [0.15, 0.2) is 0 Å². The predicted molar refractivity (Wildman–Crippen MR) is 69.7 cm³/mol. The number of aliphatic hydroxyl groups is 1. The number of hydrogen-bond donors (Lipinski definition) is 2. The maximum absolute atomic E-state index is 9.24. The number of rotatable bonds is 4. The minimum absolute atomic E-state index is 0.0499. The lowest BCUT2D eigenvalue weighted by Gasteiger charge is -2.08. The fraction of sp³-hybridized carbons (Fsp3) is 0.286. The summed E-state index contributed by atoms with van der Waals surface area (Å²) in [6.07, 6.45) is 2.37. The summed E-state index contributed by atoms with van der Waals surface area (Å²) < 4.78 is 0. The Balaban J connectivity index is 1.88. The SMILES string of the molecule is OCc1cc(C2CC2)nc(Nc2ccccc2)n1. The molecule has 1 heterocycles. The van der Waals surface area contributed by atoms with Gasteiger partial charge in [0, 0.05) is 17.3 Å². The van der Waals surface area contributed by atoms with Gasteiger partial charge in [0.1, 0.15) is 0 Å². The van der Waals surface area contributed by atoms with Crippen LogP contribution in [-0.4, -0.2) is 15.1 Å². The molecule has 2 N–H and O–H groups in total. The number of aromatic nitrogens is 2. The van der Waals surface area contributed by atoms with E-state index in [0.29, 0.717) is 17.6 Å². The van der Waals surface area contributed by atoms with E-state index in [2.05, 4.69) is 15.3 Å². The summed E-state index contributed by atoms with van der Waals surface area (Å²) in [7, 11) is 0. The first-order valence-corrected chi connectivity index (χ1v) is 6.16. The predicted octanol–water partition coefficient (Wildman–Crippen LogP) is 2.59. The van der Waals surface area contributed by atoms with Gasteiger partial charge >= 0.3 is 0 Å². The lowest BCUT2D eigenvalue weighted by Crippen LogP contribution is -2.03. The Morgan fingerprint density at radius 1 is 1.17 bits per heavy atom. The van der Waals surface area contributed by atoms with E-state index < -0.39 is 0 Å². The monoisotopic (exact) mass is 241 g/mol. The Labute approximate surface area is 106 Å². The fourth-order valence-corrected chi connectivity index (χ4v) is 1.89. The molecule has 1 aliphatic carbocycles. The average molecular weight is 241 g/mol. The Morgan fingerprint density at radius 2 is 1.94 bits per heavy atom. The van der Waals surface area contributed by atoms with Crippen molar-refractivity contribution >= 4 is 11.6 Å². The van der Waals surface area contributed by atoms with Crippen molar-refractivity contribution in [3.63, 3.8) is 0 Å². The molecular weight excluding hydrogens is 226 g/mol. The second-order valence-corrected chi connectivity index (χ2v) is 4.53. The molecular formula is C14H15N3O. The van der Waals surface area contributed by atoms with E-state index in [9.17, 15) is 5.11 Å². The third-order valence-corrected chi connectivity index (χ3v) is 2.99. The number of anilines is 2. The quantitative estimate of drug-likeness (QED) is 0.863. The Bertz CT molecular complexity index is 538. The molecule has 18 heavy (non-hydrogen) atoms. The number of hydrogen-bond acceptors (Lipinski definition) is 4. The second-order valence-electron chi connectivity index (χ2n) is 4.53. The molecule has 0 amide bonds. The molecule has 92 valence electrons. The zero-order valence-electron chi connectivity index (χ0n) is 10.0. The van der Waals surface area contributed by atoms with E-state index in [1.165, 1.54) is 12.8 Å². The van der Waals surface area contributed by atoms with Crippen LogP contribution in [0.5, 0.6) is 0 Å². The fourth-order valence-electron chi connectivity index (χ4n) is 1.89. The first-order chi connectivity index (χ1) is 8.85. The standard InChI is InChI=1S/C14H15N3O/c18-9-12-8-13(10-6-7-10)17-14(16-12)15-11-4-2-1-3-5-11/h1-5,8,10,18H,6-7,9H2,(H,15,16,17). The first kappa shape index (κ1) is 11.2. The molecule has 0 spiro atoms. The van der Waals surface area contributed by atoms with Gasteiger partial charge in [-0.25, -0.2) is 9.97 Å². The largest absolute Gasteiger partial charge is 0.390 e. The van der Waals surface area contributed by atoms with Crippen LogP contribution in [0.2, 0.25) is 0 Å². The van der Waals surface area contributed by atoms with E-state index in [0.717, 1.165) is 11.4 Å². The molecule has 3 rings (SSSR count). The molecule has 0 unspecified atom stereocenters. The van der Waals surface area contributed by atoms with Gasteiger partial charge in [-0.2, -0.15) is 0 Å². The van der Waals surface area contributed by atoms with Gasteiger partial charge in [-0.1, -0.05) is 18.2 Å². The van der Waals surface area contributed by atoms with Crippen molar-refractivity contribution in [3.8, 4) is 0 Å². The van der Waals surface area contributed by atoms with Crippen molar-refractivity contribution in [3.05, 3.63) is 47.8 Å². The van der Waals surface area contributed by atoms with E-state index in [4.69, 9.17) is 0 Å². The van der Waals surface area contributed by atoms with Gasteiger partial charge in [-0.05, 0) is 31.0 Å². The number of nitrogens with zero attached hydrogens (tertiary/aromatic N) is 2. The maximum Gasteiger partial charge on any atom is 0.227 e. The summed E-state index contributed by atoms with van der Waals surface area (Å²) in [5, 5.41) is 12.4. The van der Waals surface area contributed by atoms with Crippen molar-refractivity contribution in [2.45, 2.75) is 25.4 Å². The average Bonchev–Trinajstić information content (AvgIpc) is 3.24. The number of nitrogens with one attached hydrogen (secondary N) is 1. The molecule has 0 radical (unpaired) electrons. The Hall–Kier alpha value is -1.94. The Morgan fingerprint density at radius 3 is 2.61 bits per heavy atom. The molecule has 0 saturated heterocycles. The highest BCUT2D eigenvalue weighted by atomic mass is 16.3. The number of benzene rings is 1. The van der Waals surface area contributed by atoms with Crippen LogP contribution in [0.25, 0.3) is 0 Å². The highest BCUT2D eigenvalue weighted by Crippen LogP contribution is 2.39. The van der Waals surface area contributed by atoms with Crippen LogP contribution in [0.3, 0.4) is 0 Å². The Kier molecular flexibility index (Phi) is 2.94. The zero-order valence-corrected chi connectivity index (χ0v) is 10.0. The molecule has 0 atom stereocenters. The smallest absolute Gasteiger partial charge is 0.227 e. The zero-order chi connectivity index (χ0) is 12.4. The summed E-state index contributed by atoms with van der Waals surface area (Å²) in [5.41, 5.74) is 2.66. The van der Waals surface area contributed by atoms with E-state index in [1.54, 1.807) is 0 Å². The van der Waals surface area contributed by atoms with Crippen LogP contribution in [0, 0.1) is 0 Å². The van der Waals surface area contributed by atoms with Crippen LogP contribution < -0.4 is 5.32 Å². The normalized spacial score (nSPS) is 14.5. The minimum Gasteiger partial charge on any atom is -0.390 e. The van der Waals surface area contributed by atoms with Crippen molar-refractivity contribution in [2.75, 3.05) is 5.32 Å². The third kappa shape index (κ3) is 2.49. The number of aliphatic hydroxyl groups excluding tert-OH is 1. The van der Waals surface area contributed by atoms with Crippen molar-refractivity contribution < 1.29 is 5.11 Å². The van der Waals surface area contributed by atoms with Gasteiger partial charge in [0.25, 0.3) is 0 Å². The maximum atomic E-state index is 9.24. The van der Waals surface area contributed by atoms with Crippen molar-refractivity contribution in [1.82, 2.24) is 9.97 Å².